The Labute approximate surface area is 125 Å². The third-order valence-corrected chi connectivity index (χ3v) is 2.67. The molecule has 0 fully saturated rings. The van der Waals surface area contributed by atoms with Crippen LogP contribution in [0.4, 0.5) is 32.0 Å². The van der Waals surface area contributed by atoms with Crippen molar-refractivity contribution >= 4 is 23.2 Å². The van der Waals surface area contributed by atoms with E-state index in [4.69, 9.17) is 11.6 Å². The van der Waals surface area contributed by atoms with E-state index in [2.05, 4.69) is 0 Å². The summed E-state index contributed by atoms with van der Waals surface area (Å²) in [5.74, 6) is -1.52. The van der Waals surface area contributed by atoms with Crippen LogP contribution in [0.3, 0.4) is 0 Å². The number of benzene rings is 1. The average Bonchev–Trinajstić information content (AvgIpc) is 2.31. The number of carbonyl (C=O) groups excluding carboxylic acids is 1. The predicted molar refractivity (Wildman–Crippen MR) is 66.9 cm³/mol. The number of hydrazine groups is 1. The number of rotatable bonds is 4. The Morgan fingerprint density at radius 2 is 1.64 bits per heavy atom. The van der Waals surface area contributed by atoms with E-state index < -0.39 is 23.9 Å². The molecule has 0 unspecified atom stereocenters. The summed E-state index contributed by atoms with van der Waals surface area (Å²) in [5, 5.41) is 0.956. The summed E-state index contributed by atoms with van der Waals surface area (Å²) >= 11 is 5.58. The summed E-state index contributed by atoms with van der Waals surface area (Å²) < 4.78 is 77.7. The van der Waals surface area contributed by atoms with Crippen LogP contribution in [0.2, 0.25) is 5.02 Å². The van der Waals surface area contributed by atoms with Gasteiger partial charge in [0.1, 0.15) is 0 Å². The van der Waals surface area contributed by atoms with Crippen LogP contribution in [0.25, 0.3) is 0 Å². The highest BCUT2D eigenvalue weighted by Gasteiger charge is 2.72. The van der Waals surface area contributed by atoms with Crippen LogP contribution < -0.4 is 16.2 Å². The molecular weight excluding hydrogens is 340 g/mol. The van der Waals surface area contributed by atoms with Gasteiger partial charge in [-0.15, -0.1) is 0 Å². The molecule has 0 bridgehead atoms. The number of halogens is 7. The normalized spacial score (nSPS) is 12.9. The summed E-state index contributed by atoms with van der Waals surface area (Å²) in [6.07, 6.45) is -11.7. The van der Waals surface area contributed by atoms with E-state index in [0.717, 1.165) is 16.8 Å². The Balaban J connectivity index is 3.17. The first-order valence-electron chi connectivity index (χ1n) is 5.60. The molecule has 11 heteroatoms. The van der Waals surface area contributed by atoms with E-state index >= 15 is 0 Å². The van der Waals surface area contributed by atoms with Gasteiger partial charge in [0.15, 0.2) is 0 Å². The van der Waals surface area contributed by atoms with Crippen molar-refractivity contribution in [1.29, 1.82) is 0 Å². The van der Waals surface area contributed by atoms with Gasteiger partial charge in [0.2, 0.25) is 5.91 Å². The summed E-state index contributed by atoms with van der Waals surface area (Å²) in [7, 11) is 0. The number of hydrogen-bond donors (Lipinski definition) is 3. The molecule has 0 aliphatic heterocycles. The van der Waals surface area contributed by atoms with Gasteiger partial charge in [-0.3, -0.25) is 4.79 Å². The lowest BCUT2D eigenvalue weighted by Gasteiger charge is -2.38. The standard InChI is InChI=1S/C11H10ClF6N3O/c1-6(22)19-9(10(13,14)15,11(16,17)18)21-20-8-4-2-3-7(12)5-8/h2-5,20-21H,1H3,(H,19,22). The molecule has 0 aliphatic rings. The highest BCUT2D eigenvalue weighted by Crippen LogP contribution is 2.41. The summed E-state index contributed by atoms with van der Waals surface area (Å²) in [6.45, 7) is 0.535. The minimum absolute atomic E-state index is 0.0935. The van der Waals surface area contributed by atoms with Crippen molar-refractivity contribution < 1.29 is 31.1 Å². The third kappa shape index (κ3) is 3.95. The number of nitrogens with one attached hydrogen (secondary N) is 3. The zero-order valence-electron chi connectivity index (χ0n) is 10.9. The summed E-state index contributed by atoms with van der Waals surface area (Å²) in [6, 6.07) is 4.97. The van der Waals surface area contributed by atoms with Gasteiger partial charge < -0.3 is 10.7 Å². The molecule has 0 aromatic heterocycles. The Kier molecular flexibility index (Phi) is 5.18. The smallest absolute Gasteiger partial charge is 0.322 e. The second-order valence-electron chi connectivity index (χ2n) is 4.19. The lowest BCUT2D eigenvalue weighted by Crippen LogP contribution is -2.76. The second kappa shape index (κ2) is 6.21. The molecule has 1 aromatic carbocycles. The van der Waals surface area contributed by atoms with Gasteiger partial charge in [-0.05, 0) is 18.2 Å². The molecule has 0 spiro atoms. The molecule has 0 saturated carbocycles. The molecule has 1 aromatic rings. The summed E-state index contributed by atoms with van der Waals surface area (Å²) in [4.78, 5) is 10.8. The fourth-order valence-electron chi connectivity index (χ4n) is 1.47. The number of alkyl halides is 6. The van der Waals surface area contributed by atoms with E-state index in [1.807, 2.05) is 0 Å². The lowest BCUT2D eigenvalue weighted by molar-refractivity contribution is -0.314. The Morgan fingerprint density at radius 1 is 1.09 bits per heavy atom. The molecule has 1 amide bonds. The van der Waals surface area contributed by atoms with E-state index in [9.17, 15) is 31.1 Å². The van der Waals surface area contributed by atoms with Crippen LogP contribution in [0.15, 0.2) is 24.3 Å². The molecule has 0 radical (unpaired) electrons. The van der Waals surface area contributed by atoms with Crippen LogP contribution >= 0.6 is 11.6 Å². The van der Waals surface area contributed by atoms with Crippen molar-refractivity contribution in [3.8, 4) is 0 Å². The van der Waals surface area contributed by atoms with Crippen molar-refractivity contribution in [3.05, 3.63) is 29.3 Å². The van der Waals surface area contributed by atoms with Gasteiger partial charge in [-0.2, -0.15) is 31.8 Å². The Morgan fingerprint density at radius 3 is 2.05 bits per heavy atom. The quantitative estimate of drug-likeness (QED) is 0.444. The maximum absolute atomic E-state index is 13.0. The molecular formula is C11H10ClF6N3O. The molecule has 3 N–H and O–H groups in total. The molecule has 124 valence electrons. The van der Waals surface area contributed by atoms with E-state index in [-0.39, 0.29) is 10.7 Å². The first kappa shape index (κ1) is 18.4. The van der Waals surface area contributed by atoms with Gasteiger partial charge in [-0.1, -0.05) is 17.7 Å². The SMILES string of the molecule is CC(=O)NC(NNc1cccc(Cl)c1)(C(F)(F)F)C(F)(F)F. The molecule has 0 aliphatic carbocycles. The molecule has 22 heavy (non-hydrogen) atoms. The minimum Gasteiger partial charge on any atom is -0.322 e. The fraction of sp³-hybridized carbons (Fsp3) is 0.364. The fourth-order valence-corrected chi connectivity index (χ4v) is 1.66. The molecule has 4 nitrogen and oxygen atoms in total. The molecule has 0 atom stereocenters. The molecule has 0 heterocycles. The van der Waals surface area contributed by atoms with E-state index in [1.165, 1.54) is 18.2 Å². The predicted octanol–water partition coefficient (Wildman–Crippen LogP) is 3.21. The highest BCUT2D eigenvalue weighted by atomic mass is 35.5. The first-order chi connectivity index (χ1) is 9.89. The number of hydrogen-bond acceptors (Lipinski definition) is 3. The van der Waals surface area contributed by atoms with Crippen LogP contribution in [0.5, 0.6) is 0 Å². The topological polar surface area (TPSA) is 53.2 Å². The largest absolute Gasteiger partial charge is 0.436 e. The molecule has 1 rings (SSSR count). The van der Waals surface area contributed by atoms with Gasteiger partial charge in [-0.25, -0.2) is 0 Å². The maximum Gasteiger partial charge on any atom is 0.436 e. The monoisotopic (exact) mass is 349 g/mol. The maximum atomic E-state index is 13.0. The zero-order chi connectivity index (χ0) is 17.2. The molecule has 0 saturated heterocycles. The zero-order valence-corrected chi connectivity index (χ0v) is 11.6. The van der Waals surface area contributed by atoms with Crippen molar-refractivity contribution in [2.24, 2.45) is 0 Å². The summed E-state index contributed by atoms with van der Waals surface area (Å²) in [5.41, 5.74) is -1.96. The Bertz CT molecular complexity index is 531. The van der Waals surface area contributed by atoms with Gasteiger partial charge >= 0.3 is 18.0 Å². The van der Waals surface area contributed by atoms with E-state index in [1.54, 1.807) is 5.43 Å². The van der Waals surface area contributed by atoms with Crippen LogP contribution in [-0.2, 0) is 4.79 Å². The minimum atomic E-state index is -5.86. The number of anilines is 1. The van der Waals surface area contributed by atoms with Crippen molar-refractivity contribution in [3.63, 3.8) is 0 Å². The third-order valence-electron chi connectivity index (χ3n) is 2.43. The van der Waals surface area contributed by atoms with Gasteiger partial charge in [0.25, 0.3) is 0 Å². The first-order valence-corrected chi connectivity index (χ1v) is 5.98. The number of amides is 1. The van der Waals surface area contributed by atoms with E-state index in [0.29, 0.717) is 6.92 Å². The van der Waals surface area contributed by atoms with Crippen molar-refractivity contribution in [1.82, 2.24) is 10.7 Å². The van der Waals surface area contributed by atoms with Gasteiger partial charge in [0, 0.05) is 11.9 Å². The van der Waals surface area contributed by atoms with Crippen LogP contribution in [0, 0.1) is 0 Å². The lowest BCUT2D eigenvalue weighted by atomic mass is 10.1. The highest BCUT2D eigenvalue weighted by molar-refractivity contribution is 6.30. The van der Waals surface area contributed by atoms with Crippen molar-refractivity contribution in [2.75, 3.05) is 5.43 Å². The average molecular weight is 350 g/mol. The second-order valence-corrected chi connectivity index (χ2v) is 4.62. The van der Waals surface area contributed by atoms with Crippen molar-refractivity contribution in [2.45, 2.75) is 24.9 Å². The van der Waals surface area contributed by atoms with Crippen LogP contribution in [0.1, 0.15) is 6.92 Å². The van der Waals surface area contributed by atoms with Crippen LogP contribution in [-0.4, -0.2) is 23.9 Å². The Hall–Kier alpha value is -1.68. The van der Waals surface area contributed by atoms with Gasteiger partial charge in [0.05, 0.1) is 5.69 Å². The number of carbonyl (C=O) groups is 1.